The van der Waals surface area contributed by atoms with Crippen LogP contribution in [0.2, 0.25) is 0 Å². The van der Waals surface area contributed by atoms with Gasteiger partial charge in [-0.15, -0.1) is 0 Å². The van der Waals surface area contributed by atoms with Gasteiger partial charge in [-0.05, 0) is 92.3 Å². The fourth-order valence-electron chi connectivity index (χ4n) is 6.17. The van der Waals surface area contributed by atoms with E-state index in [1.807, 2.05) is 18.2 Å². The maximum Gasteiger partial charge on any atom is 0.251 e. The molecule has 0 saturated carbocycles. The SMILES string of the molecule is C=C1C=CC(=O)N1CCC(=O)NCC1(c2ccccc2)CCN(CCCCOC(c2ccc(F)cc2)c2ccc(F)cc2)CC1. The number of ether oxygens (including phenoxy) is 1. The number of rotatable bonds is 14. The minimum atomic E-state index is -0.394. The molecule has 3 aromatic carbocycles. The first-order chi connectivity index (χ1) is 21.8. The fourth-order valence-corrected chi connectivity index (χ4v) is 6.17. The minimum Gasteiger partial charge on any atom is -0.369 e. The van der Waals surface area contributed by atoms with Gasteiger partial charge in [-0.25, -0.2) is 8.78 Å². The van der Waals surface area contributed by atoms with E-state index in [1.165, 1.54) is 40.8 Å². The van der Waals surface area contributed by atoms with Crippen LogP contribution in [0.15, 0.2) is 103 Å². The number of piperidine rings is 1. The minimum absolute atomic E-state index is 0.0696. The van der Waals surface area contributed by atoms with Gasteiger partial charge in [-0.3, -0.25) is 9.59 Å². The van der Waals surface area contributed by atoms with Crippen LogP contribution in [0.25, 0.3) is 0 Å². The predicted molar refractivity (Wildman–Crippen MR) is 171 cm³/mol. The van der Waals surface area contributed by atoms with Crippen LogP contribution >= 0.6 is 0 Å². The molecule has 45 heavy (non-hydrogen) atoms. The summed E-state index contributed by atoms with van der Waals surface area (Å²) < 4.78 is 33.3. The molecule has 2 heterocycles. The molecule has 1 saturated heterocycles. The third kappa shape index (κ3) is 8.53. The predicted octanol–water partition coefficient (Wildman–Crippen LogP) is 6.30. The van der Waals surface area contributed by atoms with Gasteiger partial charge >= 0.3 is 0 Å². The smallest absolute Gasteiger partial charge is 0.251 e. The monoisotopic (exact) mass is 613 g/mol. The Balaban J connectivity index is 1.09. The van der Waals surface area contributed by atoms with Gasteiger partial charge in [0.05, 0.1) is 0 Å². The Labute approximate surface area is 264 Å². The van der Waals surface area contributed by atoms with Crippen molar-refractivity contribution in [2.45, 2.75) is 43.6 Å². The maximum atomic E-state index is 13.5. The molecule has 8 heteroatoms. The van der Waals surface area contributed by atoms with E-state index in [9.17, 15) is 18.4 Å². The van der Waals surface area contributed by atoms with Gasteiger partial charge in [-0.2, -0.15) is 0 Å². The average Bonchev–Trinajstić information content (AvgIpc) is 3.39. The van der Waals surface area contributed by atoms with Crippen molar-refractivity contribution < 1.29 is 23.1 Å². The molecule has 3 aromatic rings. The quantitative estimate of drug-likeness (QED) is 0.217. The van der Waals surface area contributed by atoms with Crippen LogP contribution in [0.5, 0.6) is 0 Å². The summed E-state index contributed by atoms with van der Waals surface area (Å²) in [4.78, 5) is 28.8. The normalized spacial score (nSPS) is 16.5. The number of amides is 2. The summed E-state index contributed by atoms with van der Waals surface area (Å²) in [5.41, 5.74) is 3.36. The Hall–Kier alpha value is -4.14. The Bertz CT molecular complexity index is 1400. The van der Waals surface area contributed by atoms with E-state index >= 15 is 0 Å². The molecule has 6 nitrogen and oxygen atoms in total. The number of halogens is 2. The van der Waals surface area contributed by atoms with Crippen LogP contribution in [0.1, 0.15) is 54.9 Å². The van der Waals surface area contributed by atoms with E-state index in [-0.39, 0.29) is 35.3 Å². The van der Waals surface area contributed by atoms with Crippen molar-refractivity contribution in [1.82, 2.24) is 15.1 Å². The molecule has 2 amide bonds. The van der Waals surface area contributed by atoms with E-state index in [0.717, 1.165) is 56.4 Å². The van der Waals surface area contributed by atoms with Crippen LogP contribution in [0.4, 0.5) is 8.78 Å². The van der Waals surface area contributed by atoms with E-state index in [0.29, 0.717) is 25.4 Å². The van der Waals surface area contributed by atoms with E-state index in [2.05, 4.69) is 28.9 Å². The second-order valence-corrected chi connectivity index (χ2v) is 11.9. The first-order valence-electron chi connectivity index (χ1n) is 15.7. The van der Waals surface area contributed by atoms with Gasteiger partial charge in [0.15, 0.2) is 0 Å². The zero-order valence-electron chi connectivity index (χ0n) is 25.6. The van der Waals surface area contributed by atoms with Gasteiger partial charge in [0.1, 0.15) is 17.7 Å². The van der Waals surface area contributed by atoms with Crippen LogP contribution in [-0.2, 0) is 19.7 Å². The summed E-state index contributed by atoms with van der Waals surface area (Å²) in [7, 11) is 0. The molecule has 1 fully saturated rings. The van der Waals surface area contributed by atoms with E-state index in [4.69, 9.17) is 4.74 Å². The molecular weight excluding hydrogens is 572 g/mol. The highest BCUT2D eigenvalue weighted by Gasteiger charge is 2.36. The highest BCUT2D eigenvalue weighted by Crippen LogP contribution is 2.35. The Morgan fingerprint density at radius 3 is 2.07 bits per heavy atom. The van der Waals surface area contributed by atoms with Crippen molar-refractivity contribution in [2.24, 2.45) is 0 Å². The number of hydrogen-bond acceptors (Lipinski definition) is 4. The van der Waals surface area contributed by atoms with Crippen molar-refractivity contribution in [2.75, 3.05) is 39.3 Å². The Morgan fingerprint density at radius 1 is 0.867 bits per heavy atom. The zero-order chi connectivity index (χ0) is 31.6. The number of carbonyl (C=O) groups excluding carboxylic acids is 2. The first kappa shape index (κ1) is 32.3. The molecule has 2 aliphatic rings. The molecule has 2 aliphatic heterocycles. The molecular formula is C37H41F2N3O3. The van der Waals surface area contributed by atoms with E-state index < -0.39 is 6.10 Å². The average molecular weight is 614 g/mol. The largest absolute Gasteiger partial charge is 0.369 e. The second kappa shape index (κ2) is 15.2. The molecule has 236 valence electrons. The van der Waals surface area contributed by atoms with Gasteiger partial charge in [-0.1, -0.05) is 61.2 Å². The summed E-state index contributed by atoms with van der Waals surface area (Å²) in [6.07, 6.45) is 6.66. The summed E-state index contributed by atoms with van der Waals surface area (Å²) in [6, 6.07) is 22.9. The van der Waals surface area contributed by atoms with Crippen LogP contribution in [-0.4, -0.2) is 60.9 Å². The van der Waals surface area contributed by atoms with Gasteiger partial charge in [0, 0.05) is 43.3 Å². The Morgan fingerprint density at radius 2 is 1.49 bits per heavy atom. The molecule has 0 bridgehead atoms. The lowest BCUT2D eigenvalue weighted by molar-refractivity contribution is -0.125. The third-order valence-corrected chi connectivity index (χ3v) is 8.92. The number of benzene rings is 3. The number of unbranched alkanes of at least 4 members (excludes halogenated alkanes) is 1. The number of hydrogen-bond donors (Lipinski definition) is 1. The molecule has 0 atom stereocenters. The lowest BCUT2D eigenvalue weighted by Crippen LogP contribution is -2.49. The van der Waals surface area contributed by atoms with E-state index in [1.54, 1.807) is 30.3 Å². The lowest BCUT2D eigenvalue weighted by Gasteiger charge is -2.42. The standard InChI is InChI=1S/C37H41F2N3O3/c1-28-9-18-35(44)42(28)23-19-34(43)40-27-37(31-7-3-2-4-8-31)20-24-41(25-21-37)22-5-6-26-45-36(29-10-14-32(38)15-11-29)30-12-16-33(39)17-13-30/h2-4,7-18,36H,1,5-6,19-27H2,(H,40,43). The van der Waals surface area contributed by atoms with Gasteiger partial charge in [0.25, 0.3) is 5.91 Å². The lowest BCUT2D eigenvalue weighted by atomic mass is 9.72. The van der Waals surface area contributed by atoms with Crippen LogP contribution in [0.3, 0.4) is 0 Å². The molecule has 0 spiro atoms. The van der Waals surface area contributed by atoms with Gasteiger partial charge in [0.2, 0.25) is 5.91 Å². The highest BCUT2D eigenvalue weighted by atomic mass is 19.1. The molecule has 0 radical (unpaired) electrons. The summed E-state index contributed by atoms with van der Waals surface area (Å²) in [6.45, 7) is 8.06. The van der Waals surface area contributed by atoms with Crippen LogP contribution < -0.4 is 5.32 Å². The van der Waals surface area contributed by atoms with Crippen molar-refractivity contribution in [3.8, 4) is 0 Å². The molecule has 0 unspecified atom stereocenters. The third-order valence-electron chi connectivity index (χ3n) is 8.92. The number of nitrogens with one attached hydrogen (secondary N) is 1. The maximum absolute atomic E-state index is 13.5. The summed E-state index contributed by atoms with van der Waals surface area (Å²) in [5.74, 6) is -0.819. The number of allylic oxidation sites excluding steroid dienone is 1. The fraction of sp³-hybridized carbons (Fsp3) is 0.351. The van der Waals surface area contributed by atoms with Crippen molar-refractivity contribution in [3.63, 3.8) is 0 Å². The molecule has 0 aliphatic carbocycles. The second-order valence-electron chi connectivity index (χ2n) is 11.9. The molecule has 0 aromatic heterocycles. The summed E-state index contributed by atoms with van der Waals surface area (Å²) in [5, 5.41) is 3.16. The number of carbonyl (C=O) groups is 2. The van der Waals surface area contributed by atoms with Crippen molar-refractivity contribution in [3.05, 3.63) is 132 Å². The van der Waals surface area contributed by atoms with Crippen molar-refractivity contribution >= 4 is 11.8 Å². The highest BCUT2D eigenvalue weighted by molar-refractivity contribution is 5.93. The summed E-state index contributed by atoms with van der Waals surface area (Å²) >= 11 is 0. The first-order valence-corrected chi connectivity index (χ1v) is 15.7. The molecule has 1 N–H and O–H groups in total. The Kier molecular flexibility index (Phi) is 10.9. The number of likely N-dealkylation sites (tertiary alicyclic amines) is 1. The zero-order valence-corrected chi connectivity index (χ0v) is 25.6. The topological polar surface area (TPSA) is 61.9 Å². The number of nitrogens with zero attached hydrogens (tertiary/aromatic N) is 2. The molecule has 5 rings (SSSR count). The van der Waals surface area contributed by atoms with Crippen molar-refractivity contribution in [1.29, 1.82) is 0 Å². The van der Waals surface area contributed by atoms with Gasteiger partial charge < -0.3 is 19.9 Å². The van der Waals surface area contributed by atoms with Crippen LogP contribution in [0, 0.1) is 11.6 Å².